The summed E-state index contributed by atoms with van der Waals surface area (Å²) in [6, 6.07) is 14.4. The van der Waals surface area contributed by atoms with Gasteiger partial charge in [0, 0.05) is 12.3 Å². The highest BCUT2D eigenvalue weighted by Crippen LogP contribution is 2.41. The fourth-order valence-corrected chi connectivity index (χ4v) is 3.75. The lowest BCUT2D eigenvalue weighted by Crippen LogP contribution is -2.28. The molecule has 3 heteroatoms. The Bertz CT molecular complexity index is 733. The van der Waals surface area contributed by atoms with Crippen molar-refractivity contribution in [3.05, 3.63) is 59.2 Å². The second-order valence-electron chi connectivity index (χ2n) is 8.17. The van der Waals surface area contributed by atoms with Gasteiger partial charge in [0.2, 0.25) is 0 Å². The van der Waals surface area contributed by atoms with E-state index in [1.54, 1.807) is 6.07 Å². The van der Waals surface area contributed by atoms with Crippen LogP contribution in [0, 0.1) is 5.92 Å². The number of hydrogen-bond donors (Lipinski definition) is 3. The van der Waals surface area contributed by atoms with Crippen molar-refractivity contribution in [2.75, 3.05) is 11.9 Å². The predicted molar refractivity (Wildman–Crippen MR) is 103 cm³/mol. The van der Waals surface area contributed by atoms with Crippen LogP contribution in [0.3, 0.4) is 0 Å². The molecule has 0 aliphatic carbocycles. The quantitative estimate of drug-likeness (QED) is 0.751. The van der Waals surface area contributed by atoms with Crippen LogP contribution in [0.2, 0.25) is 0 Å². The number of hydrogen-bond acceptors (Lipinski definition) is 3. The molecule has 0 saturated carbocycles. The molecule has 0 amide bonds. The third kappa shape index (κ3) is 3.98. The van der Waals surface area contributed by atoms with Crippen LogP contribution in [0.15, 0.2) is 42.5 Å². The van der Waals surface area contributed by atoms with E-state index in [2.05, 4.69) is 50.4 Å². The smallest absolute Gasteiger partial charge is 0.115 e. The molecule has 1 heterocycles. The topological polar surface area (TPSA) is 52.5 Å². The van der Waals surface area contributed by atoms with E-state index >= 15 is 0 Å². The summed E-state index contributed by atoms with van der Waals surface area (Å²) >= 11 is 0. The molecule has 134 valence electrons. The van der Waals surface area contributed by atoms with Crippen LogP contribution < -0.4 is 5.32 Å². The minimum atomic E-state index is 0.137. The summed E-state index contributed by atoms with van der Waals surface area (Å²) in [5.74, 6) is 0.700. The summed E-state index contributed by atoms with van der Waals surface area (Å²) in [7, 11) is 0. The molecule has 25 heavy (non-hydrogen) atoms. The fraction of sp³-hybridized carbons (Fsp3) is 0.455. The highest BCUT2D eigenvalue weighted by atomic mass is 16.3. The number of phenolic OH excluding ortho intramolecular Hbond substituents is 1. The first-order valence-corrected chi connectivity index (χ1v) is 9.18. The Morgan fingerprint density at radius 2 is 1.92 bits per heavy atom. The maximum Gasteiger partial charge on any atom is 0.115 e. The van der Waals surface area contributed by atoms with Crippen molar-refractivity contribution in [3.63, 3.8) is 0 Å². The van der Waals surface area contributed by atoms with E-state index in [4.69, 9.17) is 0 Å². The van der Waals surface area contributed by atoms with Crippen LogP contribution in [-0.2, 0) is 11.8 Å². The molecule has 2 atom stereocenters. The van der Waals surface area contributed by atoms with Gasteiger partial charge in [-0.15, -0.1) is 0 Å². The third-order valence-electron chi connectivity index (χ3n) is 5.20. The van der Waals surface area contributed by atoms with Crippen LogP contribution in [-0.4, -0.2) is 16.8 Å². The van der Waals surface area contributed by atoms with E-state index in [1.165, 1.54) is 16.8 Å². The van der Waals surface area contributed by atoms with Gasteiger partial charge < -0.3 is 15.5 Å². The highest BCUT2D eigenvalue weighted by Gasteiger charge is 2.30. The molecule has 0 bridgehead atoms. The summed E-state index contributed by atoms with van der Waals surface area (Å²) in [5, 5.41) is 22.8. The summed E-state index contributed by atoms with van der Waals surface area (Å²) < 4.78 is 0. The van der Waals surface area contributed by atoms with Gasteiger partial charge in [0.15, 0.2) is 0 Å². The molecule has 3 rings (SSSR count). The molecule has 0 fully saturated rings. The van der Waals surface area contributed by atoms with Crippen LogP contribution in [0.5, 0.6) is 5.75 Å². The molecule has 0 aromatic heterocycles. The van der Waals surface area contributed by atoms with E-state index in [1.807, 2.05) is 12.1 Å². The average Bonchev–Trinajstić information content (AvgIpc) is 2.57. The van der Waals surface area contributed by atoms with Crippen molar-refractivity contribution in [2.45, 2.75) is 51.5 Å². The van der Waals surface area contributed by atoms with Gasteiger partial charge in [0.05, 0.1) is 6.04 Å². The second-order valence-corrected chi connectivity index (χ2v) is 8.17. The Morgan fingerprint density at radius 3 is 2.60 bits per heavy atom. The van der Waals surface area contributed by atoms with Gasteiger partial charge >= 0.3 is 0 Å². The maximum absolute atomic E-state index is 9.86. The van der Waals surface area contributed by atoms with Gasteiger partial charge in [-0.2, -0.15) is 0 Å². The zero-order chi connectivity index (χ0) is 18.0. The lowest BCUT2D eigenvalue weighted by Gasteiger charge is -2.36. The first-order chi connectivity index (χ1) is 11.9. The van der Waals surface area contributed by atoms with E-state index in [0.717, 1.165) is 24.8 Å². The largest absolute Gasteiger partial charge is 0.508 e. The first-order valence-electron chi connectivity index (χ1n) is 9.18. The molecule has 0 spiro atoms. The Kier molecular flexibility index (Phi) is 5.05. The van der Waals surface area contributed by atoms with Crippen molar-refractivity contribution in [2.24, 2.45) is 5.92 Å². The number of aliphatic hydroxyl groups is 1. The molecule has 3 nitrogen and oxygen atoms in total. The number of aromatic hydroxyl groups is 1. The standard InChI is InChI=1S/C22H29NO2/c1-22(2,3)18-9-10-20-17(13-18)12-15(7-5-11-24)21(23-20)16-6-4-8-19(25)14-16/h4,6,8-10,13-15,21,23-25H,5,7,11-12H2,1-3H3/t15-,21-/m0/s1. The zero-order valence-corrected chi connectivity index (χ0v) is 15.4. The van der Waals surface area contributed by atoms with Gasteiger partial charge in [-0.3, -0.25) is 0 Å². The summed E-state index contributed by atoms with van der Waals surface area (Å²) in [5.41, 5.74) is 5.13. The minimum Gasteiger partial charge on any atom is -0.508 e. The van der Waals surface area contributed by atoms with Crippen molar-refractivity contribution >= 4 is 5.69 Å². The van der Waals surface area contributed by atoms with E-state index in [-0.39, 0.29) is 18.1 Å². The number of benzene rings is 2. The number of anilines is 1. The van der Waals surface area contributed by atoms with Gasteiger partial charge in [0.25, 0.3) is 0 Å². The predicted octanol–water partition coefficient (Wildman–Crippen LogP) is 4.79. The number of aliphatic hydroxyl groups excluding tert-OH is 1. The second kappa shape index (κ2) is 7.09. The molecule has 2 aromatic rings. The number of fused-ring (bicyclic) bond motifs is 1. The van der Waals surface area contributed by atoms with Gasteiger partial charge in [-0.05, 0) is 65.5 Å². The average molecular weight is 339 g/mol. The third-order valence-corrected chi connectivity index (χ3v) is 5.20. The minimum absolute atomic E-state index is 0.137. The Labute approximate surface area is 150 Å². The van der Waals surface area contributed by atoms with Crippen LogP contribution in [0.4, 0.5) is 5.69 Å². The number of nitrogens with one attached hydrogen (secondary N) is 1. The summed E-state index contributed by atoms with van der Waals surface area (Å²) in [4.78, 5) is 0. The zero-order valence-electron chi connectivity index (χ0n) is 15.4. The number of phenols is 1. The summed E-state index contributed by atoms with van der Waals surface area (Å²) in [6.45, 7) is 6.94. The van der Waals surface area contributed by atoms with Crippen LogP contribution >= 0.6 is 0 Å². The molecule has 1 aliphatic rings. The maximum atomic E-state index is 9.86. The highest BCUT2D eigenvalue weighted by molar-refractivity contribution is 5.57. The molecule has 0 unspecified atom stereocenters. The van der Waals surface area contributed by atoms with Gasteiger partial charge in [-0.1, -0.05) is 45.0 Å². The van der Waals surface area contributed by atoms with Crippen molar-refractivity contribution in [1.82, 2.24) is 0 Å². The Balaban J connectivity index is 1.95. The lowest BCUT2D eigenvalue weighted by atomic mass is 9.78. The van der Waals surface area contributed by atoms with E-state index in [0.29, 0.717) is 11.7 Å². The van der Waals surface area contributed by atoms with Crippen LogP contribution in [0.1, 0.15) is 56.3 Å². The monoisotopic (exact) mass is 339 g/mol. The van der Waals surface area contributed by atoms with E-state index < -0.39 is 0 Å². The van der Waals surface area contributed by atoms with Crippen LogP contribution in [0.25, 0.3) is 0 Å². The van der Waals surface area contributed by atoms with Gasteiger partial charge in [0.1, 0.15) is 5.75 Å². The summed E-state index contributed by atoms with van der Waals surface area (Å²) in [6.07, 6.45) is 2.76. The van der Waals surface area contributed by atoms with Crippen molar-refractivity contribution < 1.29 is 10.2 Å². The fourth-order valence-electron chi connectivity index (χ4n) is 3.75. The van der Waals surface area contributed by atoms with Crippen molar-refractivity contribution in [3.8, 4) is 5.75 Å². The SMILES string of the molecule is CC(C)(C)c1ccc2c(c1)C[C@H](CCCO)[C@@H](c1cccc(O)c1)N2. The normalized spacial score (nSPS) is 20.0. The molecular formula is C22H29NO2. The molecule has 2 aromatic carbocycles. The Hall–Kier alpha value is -2.00. The molecular weight excluding hydrogens is 310 g/mol. The van der Waals surface area contributed by atoms with Gasteiger partial charge in [-0.25, -0.2) is 0 Å². The molecule has 0 radical (unpaired) electrons. The Morgan fingerprint density at radius 1 is 1.12 bits per heavy atom. The molecule has 3 N–H and O–H groups in total. The van der Waals surface area contributed by atoms with Crippen molar-refractivity contribution in [1.29, 1.82) is 0 Å². The molecule has 1 aliphatic heterocycles. The molecule has 0 saturated heterocycles. The lowest BCUT2D eigenvalue weighted by molar-refractivity contribution is 0.263. The van der Waals surface area contributed by atoms with E-state index in [9.17, 15) is 10.2 Å². The first kappa shape index (κ1) is 17.8. The number of rotatable bonds is 4.